The second-order valence-electron chi connectivity index (χ2n) is 12.3. The summed E-state index contributed by atoms with van der Waals surface area (Å²) >= 11 is 0. The lowest BCUT2D eigenvalue weighted by molar-refractivity contribution is -0.156. The smallest absolute Gasteiger partial charge is 0.323 e. The summed E-state index contributed by atoms with van der Waals surface area (Å²) in [4.78, 5) is 19.4. The van der Waals surface area contributed by atoms with Gasteiger partial charge in [0.2, 0.25) is 0 Å². The Morgan fingerprint density at radius 2 is 1.94 bits per heavy atom. The van der Waals surface area contributed by atoms with E-state index in [1.165, 1.54) is 36.8 Å². The summed E-state index contributed by atoms with van der Waals surface area (Å²) in [6, 6.07) is 4.29. The van der Waals surface area contributed by atoms with Crippen LogP contribution in [-0.2, 0) is 9.53 Å². The van der Waals surface area contributed by atoms with Gasteiger partial charge in [0.25, 0.3) is 0 Å². The molecule has 2 heterocycles. The van der Waals surface area contributed by atoms with Crippen LogP contribution in [-0.4, -0.2) is 41.6 Å². The summed E-state index contributed by atoms with van der Waals surface area (Å²) < 4.78 is 6.09. The summed E-state index contributed by atoms with van der Waals surface area (Å²) in [5.74, 6) is 2.25. The van der Waals surface area contributed by atoms with Gasteiger partial charge in [0.05, 0.1) is 0 Å². The molecule has 0 spiro atoms. The van der Waals surface area contributed by atoms with E-state index in [1.807, 2.05) is 6.20 Å². The van der Waals surface area contributed by atoms with Crippen LogP contribution < -0.4 is 0 Å². The number of pyridine rings is 1. The molecule has 0 amide bonds. The van der Waals surface area contributed by atoms with Gasteiger partial charge in [0.1, 0.15) is 12.1 Å². The molecule has 1 saturated heterocycles. The van der Waals surface area contributed by atoms with E-state index in [2.05, 4.69) is 61.3 Å². The molecule has 5 aliphatic rings. The fourth-order valence-corrected chi connectivity index (χ4v) is 8.72. The number of ether oxygens (including phenoxy) is 1. The average Bonchev–Trinajstić information content (AvgIpc) is 3.42. The zero-order valence-corrected chi connectivity index (χ0v) is 21.1. The standard InChI is InChI=1S/C30H40N2O2/c1-29-14-12-22(34-28(33)27-7-5-17-32(27)3)18-21(29)8-9-23-25-11-10-24(20-6-4-16-31-19-20)30(25,2)15-13-26(23)29/h4,6,8,10,16,19,22-23,25-27H,5,7,9,11-15,17-18H2,1-3H3/t22?,23?,25?,26-,27?,29?,30?/m0/s1. The lowest BCUT2D eigenvalue weighted by atomic mass is 9.47. The van der Waals surface area contributed by atoms with E-state index in [4.69, 9.17) is 4.74 Å². The van der Waals surface area contributed by atoms with Gasteiger partial charge >= 0.3 is 5.97 Å². The fourth-order valence-electron chi connectivity index (χ4n) is 8.72. The van der Waals surface area contributed by atoms with Gasteiger partial charge < -0.3 is 4.74 Å². The number of rotatable bonds is 3. The summed E-state index contributed by atoms with van der Waals surface area (Å²) in [5.41, 5.74) is 4.98. The maximum absolute atomic E-state index is 12.8. The molecule has 7 atom stereocenters. The molecule has 34 heavy (non-hydrogen) atoms. The molecule has 182 valence electrons. The van der Waals surface area contributed by atoms with E-state index in [0.717, 1.165) is 56.4 Å². The van der Waals surface area contributed by atoms with Crippen LogP contribution in [0.25, 0.3) is 5.57 Å². The fraction of sp³-hybridized carbons (Fsp3) is 0.667. The van der Waals surface area contributed by atoms with Crippen LogP contribution in [0.4, 0.5) is 0 Å². The van der Waals surface area contributed by atoms with Crippen LogP contribution in [0.15, 0.2) is 42.3 Å². The first-order chi connectivity index (χ1) is 16.4. The minimum atomic E-state index is -0.0297. The van der Waals surface area contributed by atoms with Crippen molar-refractivity contribution in [1.29, 1.82) is 0 Å². The molecule has 1 aromatic heterocycles. The topological polar surface area (TPSA) is 42.4 Å². The van der Waals surface area contributed by atoms with Gasteiger partial charge in [-0.3, -0.25) is 14.7 Å². The van der Waals surface area contributed by atoms with Crippen LogP contribution in [0.3, 0.4) is 0 Å². The second-order valence-corrected chi connectivity index (χ2v) is 12.3. The van der Waals surface area contributed by atoms with Crippen LogP contribution in [0.1, 0.15) is 77.2 Å². The molecule has 4 aliphatic carbocycles. The highest BCUT2D eigenvalue weighted by atomic mass is 16.5. The summed E-state index contributed by atoms with van der Waals surface area (Å²) in [6.45, 7) is 6.07. The molecule has 0 N–H and O–H groups in total. The third kappa shape index (κ3) is 3.43. The van der Waals surface area contributed by atoms with Crippen molar-refractivity contribution in [3.8, 4) is 0 Å². The molecule has 6 unspecified atom stereocenters. The van der Waals surface area contributed by atoms with Crippen LogP contribution in [0.5, 0.6) is 0 Å². The number of esters is 1. The predicted octanol–water partition coefficient (Wildman–Crippen LogP) is 6.04. The molecule has 0 aromatic carbocycles. The van der Waals surface area contributed by atoms with Crippen LogP contribution >= 0.6 is 0 Å². The third-order valence-electron chi connectivity index (χ3n) is 10.7. The molecule has 6 rings (SSSR count). The number of hydrogen-bond acceptors (Lipinski definition) is 4. The summed E-state index contributed by atoms with van der Waals surface area (Å²) in [6.07, 6.45) is 19.2. The molecule has 1 aliphatic heterocycles. The van der Waals surface area contributed by atoms with Gasteiger partial charge in [0.15, 0.2) is 0 Å². The van der Waals surface area contributed by atoms with Gasteiger partial charge in [0, 0.05) is 18.8 Å². The van der Waals surface area contributed by atoms with E-state index in [9.17, 15) is 4.79 Å². The Hall–Kier alpha value is -1.94. The van der Waals surface area contributed by atoms with E-state index < -0.39 is 0 Å². The minimum absolute atomic E-state index is 0.0104. The Balaban J connectivity index is 1.18. The van der Waals surface area contributed by atoms with Crippen molar-refractivity contribution in [2.45, 2.75) is 83.8 Å². The van der Waals surface area contributed by atoms with Crippen LogP contribution in [0.2, 0.25) is 0 Å². The van der Waals surface area contributed by atoms with Crippen molar-refractivity contribution in [3.63, 3.8) is 0 Å². The number of likely N-dealkylation sites (tertiary alicyclic amines) is 1. The lowest BCUT2D eigenvalue weighted by Crippen LogP contribution is -2.50. The predicted molar refractivity (Wildman–Crippen MR) is 135 cm³/mol. The SMILES string of the molecule is CN1CCCC1C(=O)OC1CCC2(C)C(=CCC3C4CC=C(c5cccnc5)C4(C)CC[C@@H]32)C1. The number of hydrogen-bond donors (Lipinski definition) is 0. The number of allylic oxidation sites excluding steroid dienone is 3. The quantitative estimate of drug-likeness (QED) is 0.407. The number of carbonyl (C=O) groups excluding carboxylic acids is 1. The first kappa shape index (κ1) is 22.5. The van der Waals surface area contributed by atoms with E-state index in [-0.39, 0.29) is 28.9 Å². The molecular weight excluding hydrogens is 420 g/mol. The lowest BCUT2D eigenvalue weighted by Gasteiger charge is -2.58. The average molecular weight is 461 g/mol. The molecular formula is C30H40N2O2. The third-order valence-corrected chi connectivity index (χ3v) is 10.7. The van der Waals surface area contributed by atoms with Crippen LogP contribution in [0, 0.1) is 28.6 Å². The Labute approximate surface area is 204 Å². The first-order valence-electron chi connectivity index (χ1n) is 13.6. The molecule has 0 bridgehead atoms. The number of carbonyl (C=O) groups is 1. The van der Waals surface area contributed by atoms with E-state index in [1.54, 1.807) is 5.57 Å². The Morgan fingerprint density at radius 3 is 2.71 bits per heavy atom. The molecule has 2 saturated carbocycles. The normalized spacial score (nSPS) is 41.7. The highest BCUT2D eigenvalue weighted by molar-refractivity contribution is 5.76. The van der Waals surface area contributed by atoms with E-state index >= 15 is 0 Å². The van der Waals surface area contributed by atoms with Gasteiger partial charge in [-0.15, -0.1) is 0 Å². The second kappa shape index (κ2) is 8.33. The molecule has 4 nitrogen and oxygen atoms in total. The number of aromatic nitrogens is 1. The monoisotopic (exact) mass is 460 g/mol. The van der Waals surface area contributed by atoms with Crippen molar-refractivity contribution in [3.05, 3.63) is 47.8 Å². The summed E-state index contributed by atoms with van der Waals surface area (Å²) in [5, 5.41) is 0. The zero-order chi connectivity index (χ0) is 23.5. The Morgan fingerprint density at radius 1 is 1.09 bits per heavy atom. The van der Waals surface area contributed by atoms with Gasteiger partial charge in [-0.2, -0.15) is 0 Å². The summed E-state index contributed by atoms with van der Waals surface area (Å²) in [7, 11) is 2.05. The number of nitrogens with zero attached hydrogens (tertiary/aromatic N) is 2. The van der Waals surface area contributed by atoms with E-state index in [0.29, 0.717) is 0 Å². The maximum atomic E-state index is 12.8. The van der Waals surface area contributed by atoms with Gasteiger partial charge in [-0.25, -0.2) is 0 Å². The highest BCUT2D eigenvalue weighted by Gasteiger charge is 2.57. The minimum Gasteiger partial charge on any atom is -0.461 e. The van der Waals surface area contributed by atoms with Crippen molar-refractivity contribution in [2.75, 3.05) is 13.6 Å². The molecule has 3 fully saturated rings. The molecule has 0 radical (unpaired) electrons. The van der Waals surface area contributed by atoms with Crippen molar-refractivity contribution in [2.24, 2.45) is 28.6 Å². The molecule has 1 aromatic rings. The number of likely N-dealkylation sites (N-methyl/N-ethyl adjacent to an activating group) is 1. The highest BCUT2D eigenvalue weighted by Crippen LogP contribution is 2.66. The number of fused-ring (bicyclic) bond motifs is 5. The Bertz CT molecular complexity index is 1020. The zero-order valence-electron chi connectivity index (χ0n) is 21.1. The van der Waals surface area contributed by atoms with Crippen molar-refractivity contribution >= 4 is 11.5 Å². The van der Waals surface area contributed by atoms with Gasteiger partial charge in [-0.05, 0) is 111 Å². The van der Waals surface area contributed by atoms with Crippen molar-refractivity contribution < 1.29 is 9.53 Å². The first-order valence-corrected chi connectivity index (χ1v) is 13.6. The largest absolute Gasteiger partial charge is 0.461 e. The van der Waals surface area contributed by atoms with Crippen molar-refractivity contribution in [1.82, 2.24) is 9.88 Å². The maximum Gasteiger partial charge on any atom is 0.323 e. The molecule has 4 heteroatoms. The van der Waals surface area contributed by atoms with Gasteiger partial charge in [-0.1, -0.05) is 37.6 Å². The Kier molecular flexibility index (Phi) is 5.51.